The largest absolute Gasteiger partial charge is 0.326 e. The van der Waals surface area contributed by atoms with Gasteiger partial charge >= 0.3 is 0 Å². The molecule has 1 aliphatic rings. The molecular weight excluding hydrogens is 380 g/mol. The van der Waals surface area contributed by atoms with Crippen molar-refractivity contribution in [3.05, 3.63) is 69.8 Å². The number of sulfonamides is 1. The second kappa shape index (κ2) is 7.96. The summed E-state index contributed by atoms with van der Waals surface area (Å²) in [6.07, 6.45) is 0.550. The van der Waals surface area contributed by atoms with Gasteiger partial charge in [0.15, 0.2) is 0 Å². The second-order valence-electron chi connectivity index (χ2n) is 7.22. The van der Waals surface area contributed by atoms with Crippen molar-refractivity contribution in [2.75, 3.05) is 13.1 Å². The molecule has 150 valence electrons. The van der Waals surface area contributed by atoms with Crippen molar-refractivity contribution in [3.63, 3.8) is 0 Å². The lowest BCUT2D eigenvalue weighted by molar-refractivity contribution is -0.385. The van der Waals surface area contributed by atoms with E-state index in [1.165, 1.54) is 22.5 Å². The first-order valence-electron chi connectivity index (χ1n) is 9.03. The summed E-state index contributed by atoms with van der Waals surface area (Å²) >= 11 is 0. The third kappa shape index (κ3) is 4.07. The van der Waals surface area contributed by atoms with Crippen molar-refractivity contribution in [3.8, 4) is 0 Å². The van der Waals surface area contributed by atoms with Gasteiger partial charge in [-0.15, -0.1) is 0 Å². The molecule has 8 nitrogen and oxygen atoms in total. The minimum atomic E-state index is -3.78. The van der Waals surface area contributed by atoms with E-state index in [1.807, 2.05) is 37.3 Å². The molecule has 0 aliphatic carbocycles. The number of fused-ring (bicyclic) bond motifs is 1. The van der Waals surface area contributed by atoms with Crippen LogP contribution in [0.5, 0.6) is 0 Å². The Morgan fingerprint density at radius 3 is 2.50 bits per heavy atom. The summed E-state index contributed by atoms with van der Waals surface area (Å²) < 4.78 is 27.3. The molecule has 4 N–H and O–H groups in total. The molecule has 0 saturated carbocycles. The van der Waals surface area contributed by atoms with Gasteiger partial charge in [-0.2, -0.15) is 4.31 Å². The Hall–Kier alpha value is -2.33. The minimum Gasteiger partial charge on any atom is -0.326 e. The van der Waals surface area contributed by atoms with Crippen LogP contribution in [0.25, 0.3) is 0 Å². The highest BCUT2D eigenvalue weighted by Gasteiger charge is 2.37. The SMILES string of the molecule is CC1CN(C[C@@H](N)[C@@H](N)Cc2ccccc2)S(=O)(=O)c2ccc([N+](=O)[O-])cc21. The van der Waals surface area contributed by atoms with Gasteiger partial charge in [-0.3, -0.25) is 10.1 Å². The van der Waals surface area contributed by atoms with E-state index in [-0.39, 0.29) is 29.6 Å². The van der Waals surface area contributed by atoms with Crippen molar-refractivity contribution in [1.82, 2.24) is 4.31 Å². The Morgan fingerprint density at radius 2 is 1.86 bits per heavy atom. The van der Waals surface area contributed by atoms with E-state index in [9.17, 15) is 18.5 Å². The third-order valence-electron chi connectivity index (χ3n) is 5.11. The molecule has 2 aromatic carbocycles. The normalized spacial score (nSPS) is 20.9. The molecule has 28 heavy (non-hydrogen) atoms. The maximum atomic E-state index is 13.0. The van der Waals surface area contributed by atoms with Gasteiger partial charge in [-0.25, -0.2) is 8.42 Å². The van der Waals surface area contributed by atoms with Crippen LogP contribution in [0.4, 0.5) is 5.69 Å². The fraction of sp³-hybridized carbons (Fsp3) is 0.368. The Kier molecular flexibility index (Phi) is 5.80. The van der Waals surface area contributed by atoms with Gasteiger partial charge in [0, 0.05) is 37.3 Å². The predicted octanol–water partition coefficient (Wildman–Crippen LogP) is 1.60. The summed E-state index contributed by atoms with van der Waals surface area (Å²) in [4.78, 5) is 10.6. The standard InChI is InChI=1S/C19H24N4O4S/c1-13-11-22(12-18(21)17(20)9-14-5-3-2-4-6-14)28(26,27)19-8-7-15(23(24)25)10-16(13)19/h2-8,10,13,17-18H,9,11-12,20-21H2,1H3/t13?,17-,18+/m0/s1. The average Bonchev–Trinajstić information content (AvgIpc) is 2.66. The minimum absolute atomic E-state index is 0.0943. The van der Waals surface area contributed by atoms with Gasteiger partial charge in [-0.1, -0.05) is 37.3 Å². The number of nitrogens with two attached hydrogens (primary N) is 2. The van der Waals surface area contributed by atoms with E-state index in [0.717, 1.165) is 5.56 Å². The Labute approximate surface area is 164 Å². The van der Waals surface area contributed by atoms with Crippen LogP contribution in [0.15, 0.2) is 53.4 Å². The Bertz CT molecular complexity index is 965. The lowest BCUT2D eigenvalue weighted by atomic mass is 9.98. The number of benzene rings is 2. The summed E-state index contributed by atoms with van der Waals surface area (Å²) in [5, 5.41) is 11.0. The van der Waals surface area contributed by atoms with Crippen LogP contribution in [0.3, 0.4) is 0 Å². The van der Waals surface area contributed by atoms with Crippen LogP contribution in [-0.2, 0) is 16.4 Å². The van der Waals surface area contributed by atoms with Crippen molar-refractivity contribution < 1.29 is 13.3 Å². The van der Waals surface area contributed by atoms with E-state index < -0.39 is 27.0 Å². The molecule has 3 rings (SSSR count). The Balaban J connectivity index is 1.79. The highest BCUT2D eigenvalue weighted by Crippen LogP contribution is 2.35. The Morgan fingerprint density at radius 1 is 1.18 bits per heavy atom. The van der Waals surface area contributed by atoms with Crippen LogP contribution in [0, 0.1) is 10.1 Å². The first-order valence-corrected chi connectivity index (χ1v) is 10.5. The van der Waals surface area contributed by atoms with Crippen LogP contribution < -0.4 is 11.5 Å². The van der Waals surface area contributed by atoms with Gasteiger partial charge in [0.05, 0.1) is 9.82 Å². The summed E-state index contributed by atoms with van der Waals surface area (Å²) in [5.41, 5.74) is 13.8. The van der Waals surface area contributed by atoms with Gasteiger partial charge in [0.1, 0.15) is 0 Å². The molecule has 0 spiro atoms. The lowest BCUT2D eigenvalue weighted by Gasteiger charge is -2.34. The zero-order valence-corrected chi connectivity index (χ0v) is 16.4. The molecule has 0 amide bonds. The number of nitrogens with zero attached hydrogens (tertiary/aromatic N) is 2. The number of rotatable bonds is 6. The topological polar surface area (TPSA) is 133 Å². The van der Waals surface area contributed by atoms with Gasteiger partial charge in [0.25, 0.3) is 5.69 Å². The third-order valence-corrected chi connectivity index (χ3v) is 7.01. The van der Waals surface area contributed by atoms with Crippen LogP contribution >= 0.6 is 0 Å². The first-order chi connectivity index (χ1) is 13.2. The van der Waals surface area contributed by atoms with E-state index in [0.29, 0.717) is 12.0 Å². The molecule has 0 bridgehead atoms. The molecular formula is C19H24N4O4S. The van der Waals surface area contributed by atoms with Crippen molar-refractivity contribution in [1.29, 1.82) is 0 Å². The van der Waals surface area contributed by atoms with Crippen molar-refractivity contribution >= 4 is 15.7 Å². The van der Waals surface area contributed by atoms with Crippen LogP contribution in [0.1, 0.15) is 24.0 Å². The van der Waals surface area contributed by atoms with E-state index >= 15 is 0 Å². The van der Waals surface area contributed by atoms with E-state index in [4.69, 9.17) is 11.5 Å². The molecule has 0 saturated heterocycles. The monoisotopic (exact) mass is 404 g/mol. The molecule has 1 aliphatic heterocycles. The number of hydrogen-bond acceptors (Lipinski definition) is 6. The van der Waals surface area contributed by atoms with E-state index in [1.54, 1.807) is 0 Å². The highest BCUT2D eigenvalue weighted by molar-refractivity contribution is 7.89. The molecule has 2 aromatic rings. The van der Waals surface area contributed by atoms with E-state index in [2.05, 4.69) is 0 Å². The second-order valence-corrected chi connectivity index (χ2v) is 9.13. The van der Waals surface area contributed by atoms with Crippen LogP contribution in [0.2, 0.25) is 0 Å². The molecule has 0 aromatic heterocycles. The van der Waals surface area contributed by atoms with Gasteiger partial charge < -0.3 is 11.5 Å². The van der Waals surface area contributed by atoms with Crippen molar-refractivity contribution in [2.45, 2.75) is 36.2 Å². The number of non-ortho nitro benzene ring substituents is 1. The van der Waals surface area contributed by atoms with Crippen molar-refractivity contribution in [2.24, 2.45) is 11.5 Å². The summed E-state index contributed by atoms with van der Waals surface area (Å²) in [5.74, 6) is -0.184. The number of hydrogen-bond donors (Lipinski definition) is 2. The molecule has 0 radical (unpaired) electrons. The summed E-state index contributed by atoms with van der Waals surface area (Å²) in [7, 11) is -3.78. The zero-order valence-electron chi connectivity index (χ0n) is 15.6. The predicted molar refractivity (Wildman–Crippen MR) is 106 cm³/mol. The van der Waals surface area contributed by atoms with Gasteiger partial charge in [-0.05, 0) is 29.5 Å². The fourth-order valence-corrected chi connectivity index (χ4v) is 5.36. The average molecular weight is 404 g/mol. The highest BCUT2D eigenvalue weighted by atomic mass is 32.2. The molecule has 1 heterocycles. The summed E-state index contributed by atoms with van der Waals surface area (Å²) in [6, 6.07) is 12.6. The van der Waals surface area contributed by atoms with Gasteiger partial charge in [0.2, 0.25) is 10.0 Å². The lowest BCUT2D eigenvalue weighted by Crippen LogP contribution is -2.52. The fourth-order valence-electron chi connectivity index (χ4n) is 3.49. The molecule has 0 fully saturated rings. The zero-order chi connectivity index (χ0) is 20.5. The molecule has 9 heteroatoms. The number of nitro groups is 1. The molecule has 3 atom stereocenters. The molecule has 1 unspecified atom stereocenters. The van der Waals surface area contributed by atoms with Crippen LogP contribution in [-0.4, -0.2) is 42.8 Å². The number of nitro benzene ring substituents is 1. The maximum Gasteiger partial charge on any atom is 0.269 e. The quantitative estimate of drug-likeness (QED) is 0.555. The smallest absolute Gasteiger partial charge is 0.269 e. The maximum absolute atomic E-state index is 13.0. The summed E-state index contributed by atoms with van der Waals surface area (Å²) in [6.45, 7) is 2.15. The first kappa shape index (κ1) is 20.4.